The molecule has 1 N–H and O–H groups in total. The van der Waals surface area contributed by atoms with Crippen LogP contribution in [0.1, 0.15) is 25.8 Å². The van der Waals surface area contributed by atoms with Crippen LogP contribution in [0.2, 0.25) is 0 Å². The van der Waals surface area contributed by atoms with Crippen LogP contribution in [0.25, 0.3) is 10.9 Å². The van der Waals surface area contributed by atoms with Crippen LogP contribution in [-0.4, -0.2) is 10.9 Å². The molecule has 0 aliphatic heterocycles. The fraction of sp³-hybridized carbons (Fsp3) is 0.200. The minimum absolute atomic E-state index is 0.00986. The SMILES string of the molecule is CCC(C)(C(=O)Nc1cccc2cccnc12)c1ccccc1. The van der Waals surface area contributed by atoms with Crippen LogP contribution in [0.5, 0.6) is 0 Å². The van der Waals surface area contributed by atoms with E-state index in [4.69, 9.17) is 0 Å². The van der Waals surface area contributed by atoms with Crippen molar-refractivity contribution < 1.29 is 4.79 Å². The number of para-hydroxylation sites is 1. The quantitative estimate of drug-likeness (QED) is 0.769. The number of nitrogens with one attached hydrogen (secondary N) is 1. The van der Waals surface area contributed by atoms with Crippen LogP contribution in [-0.2, 0) is 10.2 Å². The van der Waals surface area contributed by atoms with E-state index in [0.717, 1.165) is 28.6 Å². The molecule has 0 fully saturated rings. The third-order valence-electron chi connectivity index (χ3n) is 4.50. The Balaban J connectivity index is 1.96. The van der Waals surface area contributed by atoms with Crippen LogP contribution >= 0.6 is 0 Å². The third-order valence-corrected chi connectivity index (χ3v) is 4.50. The molecule has 0 radical (unpaired) electrons. The van der Waals surface area contributed by atoms with Gasteiger partial charge in [0.15, 0.2) is 0 Å². The Hall–Kier alpha value is -2.68. The lowest BCUT2D eigenvalue weighted by Crippen LogP contribution is -2.37. The molecule has 1 amide bonds. The van der Waals surface area contributed by atoms with Gasteiger partial charge in [-0.25, -0.2) is 0 Å². The lowest BCUT2D eigenvalue weighted by atomic mass is 9.79. The van der Waals surface area contributed by atoms with Crippen LogP contribution in [0.15, 0.2) is 66.9 Å². The van der Waals surface area contributed by atoms with Gasteiger partial charge >= 0.3 is 0 Å². The Morgan fingerprint density at radius 3 is 2.52 bits per heavy atom. The summed E-state index contributed by atoms with van der Waals surface area (Å²) in [5, 5.41) is 4.09. The average Bonchev–Trinajstić information content (AvgIpc) is 2.62. The molecule has 0 saturated heterocycles. The fourth-order valence-corrected chi connectivity index (χ4v) is 2.77. The number of fused-ring (bicyclic) bond motifs is 1. The Labute approximate surface area is 136 Å². The average molecular weight is 304 g/mol. The highest BCUT2D eigenvalue weighted by molar-refractivity contribution is 6.04. The second-order valence-corrected chi connectivity index (χ2v) is 5.89. The van der Waals surface area contributed by atoms with Gasteiger partial charge in [-0.2, -0.15) is 0 Å². The molecule has 1 heterocycles. The normalized spacial score (nSPS) is 13.5. The van der Waals surface area contributed by atoms with E-state index in [2.05, 4.69) is 10.3 Å². The molecule has 116 valence electrons. The smallest absolute Gasteiger partial charge is 0.234 e. The Bertz CT molecular complexity index is 824. The zero-order valence-corrected chi connectivity index (χ0v) is 13.4. The van der Waals surface area contributed by atoms with Crippen molar-refractivity contribution in [2.75, 3.05) is 5.32 Å². The van der Waals surface area contributed by atoms with Gasteiger partial charge < -0.3 is 5.32 Å². The van der Waals surface area contributed by atoms with E-state index in [0.29, 0.717) is 0 Å². The summed E-state index contributed by atoms with van der Waals surface area (Å²) < 4.78 is 0. The van der Waals surface area contributed by atoms with Crippen LogP contribution < -0.4 is 5.32 Å². The second kappa shape index (κ2) is 6.21. The highest BCUT2D eigenvalue weighted by Gasteiger charge is 2.33. The summed E-state index contributed by atoms with van der Waals surface area (Å²) in [5.41, 5.74) is 2.02. The van der Waals surface area contributed by atoms with E-state index in [1.807, 2.05) is 74.5 Å². The molecule has 3 aromatic rings. The first-order chi connectivity index (χ1) is 11.1. The Kier molecular flexibility index (Phi) is 4.11. The van der Waals surface area contributed by atoms with Crippen molar-refractivity contribution in [2.24, 2.45) is 0 Å². The molecule has 3 heteroatoms. The summed E-state index contributed by atoms with van der Waals surface area (Å²) in [5.74, 6) is -0.00986. The van der Waals surface area contributed by atoms with Crippen molar-refractivity contribution in [3.8, 4) is 0 Å². The molecular formula is C20H20N2O. The first-order valence-corrected chi connectivity index (χ1v) is 7.86. The number of carbonyl (C=O) groups is 1. The van der Waals surface area contributed by atoms with E-state index >= 15 is 0 Å². The molecular weight excluding hydrogens is 284 g/mol. The number of rotatable bonds is 4. The number of benzene rings is 2. The molecule has 23 heavy (non-hydrogen) atoms. The number of hydrogen-bond acceptors (Lipinski definition) is 2. The maximum absolute atomic E-state index is 13.0. The van der Waals surface area contributed by atoms with Crippen LogP contribution in [0, 0.1) is 0 Å². The lowest BCUT2D eigenvalue weighted by Gasteiger charge is -2.27. The van der Waals surface area contributed by atoms with Gasteiger partial charge in [0.25, 0.3) is 0 Å². The maximum Gasteiger partial charge on any atom is 0.234 e. The summed E-state index contributed by atoms with van der Waals surface area (Å²) in [4.78, 5) is 17.4. The summed E-state index contributed by atoms with van der Waals surface area (Å²) in [6.07, 6.45) is 2.47. The first-order valence-electron chi connectivity index (χ1n) is 7.86. The van der Waals surface area contributed by atoms with Crippen LogP contribution in [0.4, 0.5) is 5.69 Å². The van der Waals surface area contributed by atoms with E-state index in [1.54, 1.807) is 6.20 Å². The standard InChI is InChI=1S/C20H20N2O/c1-3-20(2,16-11-5-4-6-12-16)19(23)22-17-13-7-9-15-10-8-14-21-18(15)17/h4-14H,3H2,1-2H3,(H,22,23). The van der Waals surface area contributed by atoms with Crippen molar-refractivity contribution >= 4 is 22.5 Å². The number of nitrogens with zero attached hydrogens (tertiary/aromatic N) is 1. The molecule has 0 aliphatic rings. The van der Waals surface area contributed by atoms with Gasteiger partial charge in [-0.1, -0.05) is 55.5 Å². The molecule has 0 aliphatic carbocycles. The largest absolute Gasteiger partial charge is 0.323 e. The van der Waals surface area contributed by atoms with Crippen molar-refractivity contribution in [3.05, 3.63) is 72.4 Å². The number of hydrogen-bond donors (Lipinski definition) is 1. The van der Waals surface area contributed by atoms with Gasteiger partial charge in [-0.3, -0.25) is 9.78 Å². The van der Waals surface area contributed by atoms with E-state index in [1.165, 1.54) is 0 Å². The minimum Gasteiger partial charge on any atom is -0.323 e. The predicted molar refractivity (Wildman–Crippen MR) is 94.5 cm³/mol. The summed E-state index contributed by atoms with van der Waals surface area (Å²) in [7, 11) is 0. The van der Waals surface area contributed by atoms with Crippen molar-refractivity contribution in [1.29, 1.82) is 0 Å². The highest BCUT2D eigenvalue weighted by atomic mass is 16.2. The summed E-state index contributed by atoms with van der Waals surface area (Å²) in [6.45, 7) is 4.02. The molecule has 1 unspecified atom stereocenters. The zero-order valence-electron chi connectivity index (χ0n) is 13.4. The van der Waals surface area contributed by atoms with E-state index < -0.39 is 5.41 Å². The van der Waals surface area contributed by atoms with Crippen molar-refractivity contribution in [2.45, 2.75) is 25.7 Å². The Morgan fingerprint density at radius 1 is 1.04 bits per heavy atom. The molecule has 2 aromatic carbocycles. The minimum atomic E-state index is -0.571. The Morgan fingerprint density at radius 2 is 1.78 bits per heavy atom. The monoisotopic (exact) mass is 304 g/mol. The van der Waals surface area contributed by atoms with Gasteiger partial charge in [0, 0.05) is 11.6 Å². The molecule has 1 atom stereocenters. The number of amides is 1. The molecule has 0 bridgehead atoms. The summed E-state index contributed by atoms with van der Waals surface area (Å²) >= 11 is 0. The molecule has 0 spiro atoms. The van der Waals surface area contributed by atoms with Gasteiger partial charge in [-0.05, 0) is 31.0 Å². The van der Waals surface area contributed by atoms with Crippen molar-refractivity contribution in [1.82, 2.24) is 4.98 Å². The molecule has 0 saturated carbocycles. The van der Waals surface area contributed by atoms with Gasteiger partial charge in [0.2, 0.25) is 5.91 Å². The molecule has 3 rings (SSSR count). The highest BCUT2D eigenvalue weighted by Crippen LogP contribution is 2.30. The van der Waals surface area contributed by atoms with Gasteiger partial charge in [0.05, 0.1) is 16.6 Å². The molecule has 1 aromatic heterocycles. The second-order valence-electron chi connectivity index (χ2n) is 5.89. The van der Waals surface area contributed by atoms with E-state index in [9.17, 15) is 4.79 Å². The number of carbonyl (C=O) groups excluding carboxylic acids is 1. The van der Waals surface area contributed by atoms with Gasteiger partial charge in [0.1, 0.15) is 0 Å². The number of aromatic nitrogens is 1. The fourth-order valence-electron chi connectivity index (χ4n) is 2.77. The zero-order chi connectivity index (χ0) is 16.3. The first kappa shape index (κ1) is 15.2. The number of anilines is 1. The predicted octanol–water partition coefficient (Wildman–Crippen LogP) is 4.54. The van der Waals surface area contributed by atoms with Gasteiger partial charge in [-0.15, -0.1) is 0 Å². The van der Waals surface area contributed by atoms with Crippen LogP contribution in [0.3, 0.4) is 0 Å². The molecule has 3 nitrogen and oxygen atoms in total. The summed E-state index contributed by atoms with van der Waals surface area (Å²) in [6, 6.07) is 19.6. The lowest BCUT2D eigenvalue weighted by molar-refractivity contribution is -0.121. The van der Waals surface area contributed by atoms with E-state index in [-0.39, 0.29) is 5.91 Å². The topological polar surface area (TPSA) is 42.0 Å². The van der Waals surface area contributed by atoms with Crippen molar-refractivity contribution in [3.63, 3.8) is 0 Å². The third kappa shape index (κ3) is 2.82. The maximum atomic E-state index is 13.0. The number of pyridine rings is 1.